The smallest absolute Gasteiger partial charge is 0.435 e. The summed E-state index contributed by atoms with van der Waals surface area (Å²) in [7, 11) is 0. The summed E-state index contributed by atoms with van der Waals surface area (Å²) in [5, 5.41) is 0. The summed E-state index contributed by atoms with van der Waals surface area (Å²) < 4.78 is 50.5. The second-order valence-corrected chi connectivity index (χ2v) is 5.80. The first-order valence-corrected chi connectivity index (χ1v) is 7.90. The van der Waals surface area contributed by atoms with E-state index in [0.29, 0.717) is 6.42 Å². The second-order valence-electron chi connectivity index (χ2n) is 5.80. The lowest BCUT2D eigenvalue weighted by atomic mass is 10.1. The number of halogens is 3. The molecular formula is C15H18F3N5O4. The van der Waals surface area contributed by atoms with Crippen LogP contribution in [0.2, 0.25) is 0 Å². The zero-order valence-corrected chi connectivity index (χ0v) is 14.6. The zero-order valence-electron chi connectivity index (χ0n) is 14.6. The van der Waals surface area contributed by atoms with Crippen molar-refractivity contribution in [1.82, 2.24) is 19.5 Å². The number of anilines is 1. The molecular weight excluding hydrogens is 371 g/mol. The van der Waals surface area contributed by atoms with Crippen molar-refractivity contribution in [1.29, 1.82) is 0 Å². The molecule has 2 aromatic heterocycles. The Morgan fingerprint density at radius 3 is 2.30 bits per heavy atom. The van der Waals surface area contributed by atoms with E-state index in [9.17, 15) is 22.8 Å². The third kappa shape index (κ3) is 5.53. The Hall–Kier alpha value is -2.92. The van der Waals surface area contributed by atoms with Gasteiger partial charge in [0.2, 0.25) is 5.95 Å². The number of fused-ring (bicyclic) bond motifs is 1. The summed E-state index contributed by atoms with van der Waals surface area (Å²) in [6.07, 6.45) is -3.19. The van der Waals surface area contributed by atoms with Crippen LogP contribution in [0.4, 0.5) is 19.1 Å². The van der Waals surface area contributed by atoms with Crippen LogP contribution in [0.15, 0.2) is 6.33 Å². The molecule has 2 rings (SSSR count). The molecule has 0 aliphatic carbocycles. The van der Waals surface area contributed by atoms with Crippen LogP contribution in [0.1, 0.15) is 26.0 Å². The van der Waals surface area contributed by atoms with E-state index in [2.05, 4.69) is 15.0 Å². The largest absolute Gasteiger partial charge is 0.465 e. The molecule has 0 bridgehead atoms. The zero-order chi connectivity index (χ0) is 20.2. The molecule has 0 radical (unpaired) electrons. The van der Waals surface area contributed by atoms with E-state index in [1.807, 2.05) is 0 Å². The number of carbonyl (C=O) groups is 2. The van der Waals surface area contributed by atoms with Crippen LogP contribution in [-0.2, 0) is 31.8 Å². The molecule has 148 valence electrons. The number of imidazole rings is 1. The number of aromatic nitrogens is 4. The van der Waals surface area contributed by atoms with Crippen LogP contribution in [0.5, 0.6) is 0 Å². The Morgan fingerprint density at radius 1 is 1.19 bits per heavy atom. The van der Waals surface area contributed by atoms with Crippen LogP contribution in [0.3, 0.4) is 0 Å². The van der Waals surface area contributed by atoms with Gasteiger partial charge in [-0.15, -0.1) is 0 Å². The van der Waals surface area contributed by atoms with Crippen molar-refractivity contribution >= 4 is 29.1 Å². The SMILES string of the molecule is CC(=O)OCC(CCn1cnc2c(C(F)(F)F)nc(N)nc21)COC(C)=O. The van der Waals surface area contributed by atoms with Gasteiger partial charge in [0, 0.05) is 26.3 Å². The van der Waals surface area contributed by atoms with Gasteiger partial charge in [0.15, 0.2) is 11.3 Å². The number of rotatable bonds is 7. The Bertz CT molecular complexity index is 819. The van der Waals surface area contributed by atoms with Crippen LogP contribution in [0, 0.1) is 5.92 Å². The quantitative estimate of drug-likeness (QED) is 0.708. The number of hydrogen-bond acceptors (Lipinski definition) is 8. The number of nitrogens with two attached hydrogens (primary N) is 1. The summed E-state index contributed by atoms with van der Waals surface area (Å²) in [5.41, 5.74) is 3.71. The van der Waals surface area contributed by atoms with E-state index in [1.165, 1.54) is 24.7 Å². The van der Waals surface area contributed by atoms with Gasteiger partial charge in [-0.05, 0) is 6.42 Å². The fourth-order valence-electron chi connectivity index (χ4n) is 2.33. The molecule has 0 atom stereocenters. The third-order valence-electron chi connectivity index (χ3n) is 3.57. The predicted octanol–water partition coefficient (Wildman–Crippen LogP) is 1.56. The number of alkyl halides is 3. The van der Waals surface area contributed by atoms with E-state index < -0.39 is 35.3 Å². The van der Waals surface area contributed by atoms with Crippen LogP contribution < -0.4 is 5.73 Å². The highest BCUT2D eigenvalue weighted by Crippen LogP contribution is 2.32. The molecule has 9 nitrogen and oxygen atoms in total. The van der Waals surface area contributed by atoms with Crippen molar-refractivity contribution in [2.45, 2.75) is 33.0 Å². The van der Waals surface area contributed by atoms with E-state index in [1.54, 1.807) is 0 Å². The summed E-state index contributed by atoms with van der Waals surface area (Å²) in [5.74, 6) is -1.86. The summed E-state index contributed by atoms with van der Waals surface area (Å²) in [4.78, 5) is 32.8. The standard InChI is InChI=1S/C15H18F3N5O4/c1-8(24)26-5-10(6-27-9(2)25)3-4-23-7-20-11-12(15(16,17)18)21-14(19)22-13(11)23/h7,10H,3-6H2,1-2H3,(H2,19,21,22). The first-order chi connectivity index (χ1) is 12.6. The molecule has 2 aromatic rings. The Labute approximate surface area is 151 Å². The van der Waals surface area contributed by atoms with E-state index >= 15 is 0 Å². The molecule has 0 aromatic carbocycles. The average Bonchev–Trinajstić information content (AvgIpc) is 2.94. The molecule has 0 spiro atoms. The van der Waals surface area contributed by atoms with Crippen LogP contribution >= 0.6 is 0 Å². The maximum atomic E-state index is 13.1. The van der Waals surface area contributed by atoms with E-state index in [4.69, 9.17) is 15.2 Å². The van der Waals surface area contributed by atoms with Gasteiger partial charge in [-0.1, -0.05) is 0 Å². The molecule has 0 unspecified atom stereocenters. The third-order valence-corrected chi connectivity index (χ3v) is 3.57. The molecule has 0 aliphatic rings. The van der Waals surface area contributed by atoms with E-state index in [0.717, 1.165) is 0 Å². The lowest BCUT2D eigenvalue weighted by Crippen LogP contribution is -2.21. The van der Waals surface area contributed by atoms with Gasteiger partial charge in [-0.3, -0.25) is 9.59 Å². The number of aryl methyl sites for hydroxylation is 1. The number of nitrogens with zero attached hydrogens (tertiary/aromatic N) is 4. The predicted molar refractivity (Wildman–Crippen MR) is 86.1 cm³/mol. The molecule has 0 amide bonds. The lowest BCUT2D eigenvalue weighted by Gasteiger charge is -2.16. The van der Waals surface area contributed by atoms with Gasteiger partial charge < -0.3 is 19.8 Å². The first kappa shape index (κ1) is 20.4. The monoisotopic (exact) mass is 389 g/mol. The number of nitrogen functional groups attached to an aromatic ring is 1. The molecule has 0 aliphatic heterocycles. The molecule has 0 fully saturated rings. The number of esters is 2. The van der Waals surface area contributed by atoms with Crippen LogP contribution in [-0.4, -0.2) is 44.7 Å². The highest BCUT2D eigenvalue weighted by atomic mass is 19.4. The molecule has 27 heavy (non-hydrogen) atoms. The van der Waals surface area contributed by atoms with Crippen molar-refractivity contribution < 1.29 is 32.2 Å². The van der Waals surface area contributed by atoms with Crippen LogP contribution in [0.25, 0.3) is 11.2 Å². The maximum absolute atomic E-state index is 13.1. The van der Waals surface area contributed by atoms with Crippen molar-refractivity contribution in [2.24, 2.45) is 5.92 Å². The van der Waals surface area contributed by atoms with Crippen molar-refractivity contribution in [3.63, 3.8) is 0 Å². The summed E-state index contributed by atoms with van der Waals surface area (Å²) in [6, 6.07) is 0. The number of ether oxygens (including phenoxy) is 2. The molecule has 2 heterocycles. The molecule has 0 saturated heterocycles. The van der Waals surface area contributed by atoms with Crippen molar-refractivity contribution in [3.8, 4) is 0 Å². The average molecular weight is 389 g/mol. The van der Waals surface area contributed by atoms with Gasteiger partial charge in [0.1, 0.15) is 5.52 Å². The van der Waals surface area contributed by atoms with Crippen molar-refractivity contribution in [3.05, 3.63) is 12.0 Å². The minimum Gasteiger partial charge on any atom is -0.465 e. The van der Waals surface area contributed by atoms with Gasteiger partial charge in [0.25, 0.3) is 0 Å². The molecule has 12 heteroatoms. The minimum absolute atomic E-state index is 0.000166. The number of hydrogen-bond donors (Lipinski definition) is 1. The molecule has 0 saturated carbocycles. The molecule has 2 N–H and O–H groups in total. The highest BCUT2D eigenvalue weighted by molar-refractivity contribution is 5.75. The topological polar surface area (TPSA) is 122 Å². The summed E-state index contributed by atoms with van der Waals surface area (Å²) >= 11 is 0. The Morgan fingerprint density at radius 2 is 1.78 bits per heavy atom. The first-order valence-electron chi connectivity index (χ1n) is 7.90. The van der Waals surface area contributed by atoms with Gasteiger partial charge in [-0.25, -0.2) is 9.97 Å². The fourth-order valence-corrected chi connectivity index (χ4v) is 2.33. The van der Waals surface area contributed by atoms with E-state index in [-0.39, 0.29) is 31.3 Å². The Kier molecular flexibility index (Phi) is 6.18. The minimum atomic E-state index is -4.72. The number of carbonyl (C=O) groups excluding carboxylic acids is 2. The van der Waals surface area contributed by atoms with Crippen molar-refractivity contribution in [2.75, 3.05) is 18.9 Å². The maximum Gasteiger partial charge on any atom is 0.435 e. The highest BCUT2D eigenvalue weighted by Gasteiger charge is 2.37. The fraction of sp³-hybridized carbons (Fsp3) is 0.533. The van der Waals surface area contributed by atoms with Gasteiger partial charge in [-0.2, -0.15) is 18.2 Å². The lowest BCUT2D eigenvalue weighted by molar-refractivity contribution is -0.146. The van der Waals surface area contributed by atoms with Gasteiger partial charge >= 0.3 is 18.1 Å². The Balaban J connectivity index is 2.19. The second kappa shape index (κ2) is 8.18. The normalized spacial score (nSPS) is 11.8. The van der Waals surface area contributed by atoms with Gasteiger partial charge in [0.05, 0.1) is 19.5 Å². The summed E-state index contributed by atoms with van der Waals surface area (Å²) in [6.45, 7) is 2.67.